The van der Waals surface area contributed by atoms with Crippen LogP contribution in [-0.4, -0.2) is 41.5 Å². The average molecular weight is 415 g/mol. The molecule has 1 amide bonds. The van der Waals surface area contributed by atoms with Gasteiger partial charge in [-0.2, -0.15) is 0 Å². The van der Waals surface area contributed by atoms with E-state index in [0.717, 1.165) is 73.3 Å². The first-order valence-electron chi connectivity index (χ1n) is 11.0. The van der Waals surface area contributed by atoms with E-state index in [4.69, 9.17) is 9.72 Å². The quantitative estimate of drug-likeness (QED) is 0.664. The van der Waals surface area contributed by atoms with E-state index in [1.54, 1.807) is 11.3 Å². The number of ether oxygens (including phenoxy) is 1. The lowest BCUT2D eigenvalue weighted by Gasteiger charge is -2.34. The topological polar surface area (TPSA) is 59.5 Å². The van der Waals surface area contributed by atoms with Crippen molar-refractivity contribution < 1.29 is 14.3 Å². The lowest BCUT2D eigenvalue weighted by Crippen LogP contribution is -2.40. The van der Waals surface area contributed by atoms with Gasteiger partial charge in [-0.15, -0.1) is 11.3 Å². The molecule has 1 saturated heterocycles. The van der Waals surface area contributed by atoms with Gasteiger partial charge in [0.1, 0.15) is 0 Å². The molecule has 2 aromatic rings. The number of aromatic nitrogens is 1. The van der Waals surface area contributed by atoms with Crippen LogP contribution in [0.25, 0.3) is 10.2 Å². The van der Waals surface area contributed by atoms with Gasteiger partial charge in [0.15, 0.2) is 6.61 Å². The Morgan fingerprint density at radius 2 is 1.69 bits per heavy atom. The Kier molecular flexibility index (Phi) is 6.48. The largest absolute Gasteiger partial charge is 0.455 e. The van der Waals surface area contributed by atoms with Crippen LogP contribution in [-0.2, 0) is 20.7 Å². The Morgan fingerprint density at radius 3 is 2.41 bits per heavy atom. The molecule has 5 nitrogen and oxygen atoms in total. The lowest BCUT2D eigenvalue weighted by atomic mass is 9.72. The highest BCUT2D eigenvalue weighted by atomic mass is 32.1. The summed E-state index contributed by atoms with van der Waals surface area (Å²) in [6.07, 6.45) is 9.90. The summed E-state index contributed by atoms with van der Waals surface area (Å²) in [6.45, 7) is 1.45. The van der Waals surface area contributed by atoms with E-state index >= 15 is 0 Å². The van der Waals surface area contributed by atoms with Gasteiger partial charge in [0.25, 0.3) is 5.91 Å². The van der Waals surface area contributed by atoms with Gasteiger partial charge >= 0.3 is 5.97 Å². The Labute approximate surface area is 176 Å². The summed E-state index contributed by atoms with van der Waals surface area (Å²) >= 11 is 1.66. The van der Waals surface area contributed by atoms with Gasteiger partial charge in [-0.3, -0.25) is 9.59 Å². The molecule has 0 atom stereocenters. The second kappa shape index (κ2) is 9.24. The number of amides is 1. The summed E-state index contributed by atoms with van der Waals surface area (Å²) in [7, 11) is 0. The zero-order valence-corrected chi connectivity index (χ0v) is 17.8. The third kappa shape index (κ3) is 4.80. The summed E-state index contributed by atoms with van der Waals surface area (Å²) in [5.74, 6) is -0.258. The summed E-state index contributed by atoms with van der Waals surface area (Å²) < 4.78 is 6.78. The van der Waals surface area contributed by atoms with Gasteiger partial charge in [-0.05, 0) is 37.8 Å². The number of carbonyl (C=O) groups excluding carboxylic acids is 2. The second-order valence-corrected chi connectivity index (χ2v) is 9.58. The van der Waals surface area contributed by atoms with Gasteiger partial charge in [0, 0.05) is 19.5 Å². The average Bonchev–Trinajstić information content (AvgIpc) is 2.95. The van der Waals surface area contributed by atoms with Gasteiger partial charge in [0.05, 0.1) is 20.6 Å². The first-order chi connectivity index (χ1) is 14.2. The maximum Gasteiger partial charge on any atom is 0.313 e. The highest BCUT2D eigenvalue weighted by Crippen LogP contribution is 2.41. The van der Waals surface area contributed by atoms with Gasteiger partial charge in [0.2, 0.25) is 0 Å². The third-order valence-corrected chi connectivity index (χ3v) is 7.39. The minimum absolute atomic E-state index is 0.0498. The first-order valence-corrected chi connectivity index (χ1v) is 11.8. The molecule has 1 saturated carbocycles. The number of benzene rings is 1. The molecule has 0 bridgehead atoms. The molecule has 156 valence electrons. The fourth-order valence-electron chi connectivity index (χ4n) is 4.66. The summed E-state index contributed by atoms with van der Waals surface area (Å²) in [5, 5.41) is 0.990. The van der Waals surface area contributed by atoms with Crippen LogP contribution < -0.4 is 0 Å². The number of nitrogens with zero attached hydrogens (tertiary/aromatic N) is 2. The molecule has 0 unspecified atom stereocenters. The number of hydrogen-bond acceptors (Lipinski definition) is 5. The zero-order chi connectivity index (χ0) is 20.1. The molecular weight excluding hydrogens is 384 g/mol. The highest BCUT2D eigenvalue weighted by Gasteiger charge is 2.42. The Balaban J connectivity index is 1.43. The summed E-state index contributed by atoms with van der Waals surface area (Å²) in [5.41, 5.74) is 0.453. The van der Waals surface area contributed by atoms with Crippen molar-refractivity contribution in [3.63, 3.8) is 0 Å². The normalized spacial score (nSPS) is 19.7. The van der Waals surface area contributed by atoms with Crippen molar-refractivity contribution in [1.29, 1.82) is 0 Å². The van der Waals surface area contributed by atoms with Crippen LogP contribution in [0.15, 0.2) is 24.3 Å². The molecule has 2 heterocycles. The smallest absolute Gasteiger partial charge is 0.313 e. The maximum atomic E-state index is 13.2. The zero-order valence-electron chi connectivity index (χ0n) is 17.0. The molecule has 2 fully saturated rings. The number of likely N-dealkylation sites (tertiary alicyclic amines) is 1. The lowest BCUT2D eigenvalue weighted by molar-refractivity contribution is -0.163. The van der Waals surface area contributed by atoms with Crippen LogP contribution in [0.4, 0.5) is 0 Å². The van der Waals surface area contributed by atoms with Gasteiger partial charge < -0.3 is 9.64 Å². The van der Waals surface area contributed by atoms with Crippen molar-refractivity contribution in [1.82, 2.24) is 9.88 Å². The van der Waals surface area contributed by atoms with Crippen molar-refractivity contribution in [3.05, 3.63) is 29.3 Å². The Morgan fingerprint density at radius 1 is 1.00 bits per heavy atom. The molecule has 0 spiro atoms. The van der Waals surface area contributed by atoms with E-state index < -0.39 is 5.41 Å². The minimum Gasteiger partial charge on any atom is -0.455 e. The second-order valence-electron chi connectivity index (χ2n) is 8.46. The monoisotopic (exact) mass is 414 g/mol. The van der Waals surface area contributed by atoms with Crippen molar-refractivity contribution in [2.24, 2.45) is 5.41 Å². The fraction of sp³-hybridized carbons (Fsp3) is 0.609. The fourth-order valence-corrected chi connectivity index (χ4v) is 5.77. The number of para-hydroxylation sites is 1. The summed E-state index contributed by atoms with van der Waals surface area (Å²) in [6, 6.07) is 8.09. The van der Waals surface area contributed by atoms with Crippen molar-refractivity contribution in [2.75, 3.05) is 19.7 Å². The van der Waals surface area contributed by atoms with Crippen LogP contribution in [0.5, 0.6) is 0 Å². The van der Waals surface area contributed by atoms with Crippen LogP contribution in [0.3, 0.4) is 0 Å². The maximum absolute atomic E-state index is 13.2. The van der Waals surface area contributed by atoms with Crippen molar-refractivity contribution in [2.45, 2.75) is 64.2 Å². The Bertz CT molecular complexity index is 816. The van der Waals surface area contributed by atoms with Crippen molar-refractivity contribution in [3.8, 4) is 0 Å². The predicted octanol–water partition coefficient (Wildman–Crippen LogP) is 4.74. The van der Waals surface area contributed by atoms with E-state index in [2.05, 4.69) is 6.07 Å². The SMILES string of the molecule is O=C(COC(=O)C1(Cc2nc3ccccc3s2)CCCCC1)N1CCCCCC1. The molecule has 1 aromatic carbocycles. The van der Waals surface area contributed by atoms with E-state index in [-0.39, 0.29) is 18.5 Å². The molecule has 1 aliphatic heterocycles. The molecule has 0 N–H and O–H groups in total. The van der Waals surface area contributed by atoms with Gasteiger partial charge in [-0.1, -0.05) is 44.2 Å². The molecule has 1 aromatic heterocycles. The highest BCUT2D eigenvalue weighted by molar-refractivity contribution is 7.18. The molecule has 0 radical (unpaired) electrons. The number of thiazole rings is 1. The molecule has 29 heavy (non-hydrogen) atoms. The molecule has 6 heteroatoms. The van der Waals surface area contributed by atoms with Gasteiger partial charge in [-0.25, -0.2) is 4.98 Å². The molecule has 1 aliphatic carbocycles. The summed E-state index contributed by atoms with van der Waals surface area (Å²) in [4.78, 5) is 32.3. The number of esters is 1. The van der Waals surface area contributed by atoms with Crippen molar-refractivity contribution >= 4 is 33.4 Å². The van der Waals surface area contributed by atoms with E-state index in [0.29, 0.717) is 6.42 Å². The molecule has 4 rings (SSSR count). The van der Waals surface area contributed by atoms with Crippen LogP contribution in [0, 0.1) is 5.41 Å². The minimum atomic E-state index is -0.537. The standard InChI is InChI=1S/C23H30N2O3S/c26-21(25-14-8-1-2-9-15-25)17-28-22(27)23(12-6-3-7-13-23)16-20-24-18-10-4-5-11-19(18)29-20/h4-5,10-11H,1-3,6-9,12-17H2. The number of rotatable bonds is 5. The predicted molar refractivity (Wildman–Crippen MR) is 115 cm³/mol. The molecule has 2 aliphatic rings. The number of carbonyl (C=O) groups is 2. The number of hydrogen-bond donors (Lipinski definition) is 0. The van der Waals surface area contributed by atoms with E-state index in [9.17, 15) is 9.59 Å². The van der Waals surface area contributed by atoms with E-state index in [1.165, 1.54) is 12.8 Å². The first kappa shape index (κ1) is 20.3. The van der Waals surface area contributed by atoms with E-state index in [1.807, 2.05) is 23.1 Å². The van der Waals surface area contributed by atoms with Crippen LogP contribution in [0.1, 0.15) is 62.8 Å². The van der Waals surface area contributed by atoms with Crippen LogP contribution in [0.2, 0.25) is 0 Å². The Hall–Kier alpha value is -1.95. The third-order valence-electron chi connectivity index (χ3n) is 6.36. The number of fused-ring (bicyclic) bond motifs is 1. The molecular formula is C23H30N2O3S. The van der Waals surface area contributed by atoms with Crippen LogP contribution >= 0.6 is 11.3 Å².